The van der Waals surface area contributed by atoms with Gasteiger partial charge in [-0.2, -0.15) is 0 Å². The van der Waals surface area contributed by atoms with Crippen LogP contribution in [-0.4, -0.2) is 41.6 Å². The molecule has 2 N–H and O–H groups in total. The Hall–Kier alpha value is -2.39. The van der Waals surface area contributed by atoms with Gasteiger partial charge in [-0.05, 0) is 33.2 Å². The molecule has 0 unspecified atom stereocenters. The summed E-state index contributed by atoms with van der Waals surface area (Å²) in [6.07, 6.45) is 7.15. The molecule has 0 bridgehead atoms. The molecule has 3 aromatic rings. The molecular formula is C17H22N8S. The number of aromatic nitrogens is 6. The van der Waals surface area contributed by atoms with Crippen molar-refractivity contribution >= 4 is 22.3 Å². The normalized spacial score (nSPS) is 18.2. The van der Waals surface area contributed by atoms with Crippen LogP contribution >= 0.6 is 11.3 Å². The maximum absolute atomic E-state index is 4.73. The number of rotatable bonds is 5. The summed E-state index contributed by atoms with van der Waals surface area (Å²) in [5.74, 6) is 1.54. The van der Waals surface area contributed by atoms with Crippen molar-refractivity contribution in [3.8, 4) is 0 Å². The Balaban J connectivity index is 1.58. The van der Waals surface area contributed by atoms with E-state index < -0.39 is 0 Å². The maximum Gasteiger partial charge on any atom is 0.211 e. The minimum atomic E-state index is 0.283. The van der Waals surface area contributed by atoms with Crippen LogP contribution in [0.1, 0.15) is 47.5 Å². The van der Waals surface area contributed by atoms with E-state index in [2.05, 4.69) is 35.4 Å². The van der Waals surface area contributed by atoms with E-state index in [4.69, 9.17) is 4.98 Å². The number of hydrogen-bond donors (Lipinski definition) is 2. The summed E-state index contributed by atoms with van der Waals surface area (Å²) in [7, 11) is 0. The van der Waals surface area contributed by atoms with E-state index in [1.54, 1.807) is 6.33 Å². The van der Waals surface area contributed by atoms with Crippen molar-refractivity contribution in [3.63, 3.8) is 0 Å². The van der Waals surface area contributed by atoms with E-state index in [0.717, 1.165) is 52.7 Å². The predicted octanol–water partition coefficient (Wildman–Crippen LogP) is 3.14. The molecule has 0 saturated carbocycles. The van der Waals surface area contributed by atoms with Crippen molar-refractivity contribution in [1.29, 1.82) is 0 Å². The zero-order chi connectivity index (χ0) is 17.9. The van der Waals surface area contributed by atoms with Crippen molar-refractivity contribution < 1.29 is 0 Å². The van der Waals surface area contributed by atoms with Gasteiger partial charge in [0.2, 0.25) is 5.13 Å². The number of anilines is 2. The highest BCUT2D eigenvalue weighted by atomic mass is 32.1. The van der Waals surface area contributed by atoms with Gasteiger partial charge in [0.25, 0.3) is 0 Å². The third-order valence-electron chi connectivity index (χ3n) is 4.50. The van der Waals surface area contributed by atoms with Gasteiger partial charge in [0.15, 0.2) is 0 Å². The van der Waals surface area contributed by atoms with E-state index >= 15 is 0 Å². The van der Waals surface area contributed by atoms with Gasteiger partial charge in [0, 0.05) is 24.5 Å². The zero-order valence-corrected chi connectivity index (χ0v) is 15.8. The second-order valence-corrected chi connectivity index (χ2v) is 7.72. The summed E-state index contributed by atoms with van der Waals surface area (Å²) in [5, 5.41) is 13.1. The minimum absolute atomic E-state index is 0.283. The molecule has 0 aromatic carbocycles. The first kappa shape index (κ1) is 17.0. The number of aryl methyl sites for hydroxylation is 2. The predicted molar refractivity (Wildman–Crippen MR) is 100 cm³/mol. The molecule has 1 atom stereocenters. The number of likely N-dealkylation sites (tertiary alicyclic amines) is 1. The summed E-state index contributed by atoms with van der Waals surface area (Å²) in [4.78, 5) is 19.1. The molecule has 0 spiro atoms. The van der Waals surface area contributed by atoms with Crippen LogP contribution in [0.3, 0.4) is 0 Å². The second kappa shape index (κ2) is 7.46. The zero-order valence-electron chi connectivity index (χ0n) is 14.9. The van der Waals surface area contributed by atoms with Crippen molar-refractivity contribution in [3.05, 3.63) is 40.8 Å². The van der Waals surface area contributed by atoms with Crippen LogP contribution in [0.5, 0.6) is 0 Å². The Morgan fingerprint density at radius 2 is 2.19 bits per heavy atom. The van der Waals surface area contributed by atoms with Gasteiger partial charge in [-0.3, -0.25) is 4.90 Å². The molecule has 1 aliphatic heterocycles. The second-order valence-electron chi connectivity index (χ2n) is 6.54. The summed E-state index contributed by atoms with van der Waals surface area (Å²) in [5.41, 5.74) is 2.19. The quantitative estimate of drug-likeness (QED) is 0.712. The minimum Gasteiger partial charge on any atom is -0.347 e. The number of nitrogens with zero attached hydrogens (tertiary/aromatic N) is 6. The molecule has 1 fully saturated rings. The number of H-pyrrole nitrogens is 1. The van der Waals surface area contributed by atoms with Gasteiger partial charge >= 0.3 is 0 Å². The molecule has 26 heavy (non-hydrogen) atoms. The lowest BCUT2D eigenvalue weighted by Crippen LogP contribution is -2.33. The average Bonchev–Trinajstić information content (AvgIpc) is 3.27. The molecule has 4 rings (SSSR count). The third kappa shape index (κ3) is 3.88. The highest BCUT2D eigenvalue weighted by molar-refractivity contribution is 7.15. The fourth-order valence-corrected chi connectivity index (χ4v) is 3.99. The number of piperidine rings is 1. The standard InChI is InChI=1S/C17H22N8S/c1-11-20-14(7-16(21-11)22-17-24-23-12(2)26-17)15-5-3-4-6-25(15)9-13-8-18-10-19-13/h7-8,10,15H,3-6,9H2,1-2H3,(H,18,19)(H,20,21,22,24)/t15-/m1/s1. The first-order valence-electron chi connectivity index (χ1n) is 8.81. The Labute approximate surface area is 156 Å². The van der Waals surface area contributed by atoms with Crippen molar-refractivity contribution in [2.24, 2.45) is 0 Å². The van der Waals surface area contributed by atoms with Gasteiger partial charge in [-0.1, -0.05) is 17.8 Å². The molecule has 0 aliphatic carbocycles. The van der Waals surface area contributed by atoms with Crippen LogP contribution in [0, 0.1) is 13.8 Å². The SMILES string of the molecule is Cc1nc(Nc2nnc(C)s2)cc([C@H]2CCCCN2Cc2cnc[nH]2)n1. The van der Waals surface area contributed by atoms with Crippen LogP contribution in [-0.2, 0) is 6.54 Å². The van der Waals surface area contributed by atoms with Crippen LogP contribution in [0.4, 0.5) is 10.9 Å². The van der Waals surface area contributed by atoms with Gasteiger partial charge < -0.3 is 10.3 Å². The van der Waals surface area contributed by atoms with Gasteiger partial charge in [0.1, 0.15) is 16.6 Å². The lowest BCUT2D eigenvalue weighted by Gasteiger charge is -2.35. The number of hydrogen-bond acceptors (Lipinski definition) is 8. The van der Waals surface area contributed by atoms with E-state index in [-0.39, 0.29) is 6.04 Å². The number of imidazole rings is 1. The maximum atomic E-state index is 4.73. The first-order chi connectivity index (χ1) is 12.7. The van der Waals surface area contributed by atoms with Crippen molar-refractivity contribution in [2.75, 3.05) is 11.9 Å². The fourth-order valence-electron chi connectivity index (χ4n) is 3.39. The molecule has 4 heterocycles. The fraction of sp³-hybridized carbons (Fsp3) is 0.471. The van der Waals surface area contributed by atoms with E-state index in [9.17, 15) is 0 Å². The molecule has 8 nitrogen and oxygen atoms in total. The van der Waals surface area contributed by atoms with Crippen LogP contribution in [0.15, 0.2) is 18.6 Å². The Morgan fingerprint density at radius 1 is 1.27 bits per heavy atom. The topological polar surface area (TPSA) is 95.5 Å². The Kier molecular flexibility index (Phi) is 4.89. The summed E-state index contributed by atoms with van der Waals surface area (Å²) >= 11 is 1.52. The van der Waals surface area contributed by atoms with E-state index in [0.29, 0.717) is 0 Å². The molecule has 1 aliphatic rings. The third-order valence-corrected chi connectivity index (χ3v) is 5.26. The molecule has 3 aromatic heterocycles. The van der Waals surface area contributed by atoms with E-state index in [1.807, 2.05) is 26.1 Å². The Bertz CT molecular complexity index is 860. The molecule has 1 saturated heterocycles. The lowest BCUT2D eigenvalue weighted by atomic mass is 9.98. The molecular weight excluding hydrogens is 348 g/mol. The molecule has 9 heteroatoms. The van der Waals surface area contributed by atoms with E-state index in [1.165, 1.54) is 24.2 Å². The summed E-state index contributed by atoms with van der Waals surface area (Å²) < 4.78 is 0. The lowest BCUT2D eigenvalue weighted by molar-refractivity contribution is 0.135. The summed E-state index contributed by atoms with van der Waals surface area (Å²) in [6, 6.07) is 2.32. The van der Waals surface area contributed by atoms with Crippen LogP contribution in [0.2, 0.25) is 0 Å². The van der Waals surface area contributed by atoms with Crippen LogP contribution < -0.4 is 5.32 Å². The molecule has 136 valence electrons. The Morgan fingerprint density at radius 3 is 2.96 bits per heavy atom. The van der Waals surface area contributed by atoms with Crippen LogP contribution in [0.25, 0.3) is 0 Å². The highest BCUT2D eigenvalue weighted by Crippen LogP contribution is 2.32. The largest absolute Gasteiger partial charge is 0.347 e. The highest BCUT2D eigenvalue weighted by Gasteiger charge is 2.26. The number of aromatic amines is 1. The number of nitrogens with one attached hydrogen (secondary N) is 2. The van der Waals surface area contributed by atoms with Crippen molar-refractivity contribution in [2.45, 2.75) is 45.7 Å². The van der Waals surface area contributed by atoms with Gasteiger partial charge in [-0.15, -0.1) is 10.2 Å². The van der Waals surface area contributed by atoms with Crippen molar-refractivity contribution in [1.82, 2.24) is 35.0 Å². The first-order valence-corrected chi connectivity index (χ1v) is 9.63. The summed E-state index contributed by atoms with van der Waals surface area (Å²) in [6.45, 7) is 5.79. The molecule has 0 amide bonds. The smallest absolute Gasteiger partial charge is 0.211 e. The van der Waals surface area contributed by atoms with Gasteiger partial charge in [0.05, 0.1) is 18.1 Å². The monoisotopic (exact) mass is 370 g/mol. The van der Waals surface area contributed by atoms with Gasteiger partial charge in [-0.25, -0.2) is 15.0 Å². The molecule has 0 radical (unpaired) electrons. The average molecular weight is 370 g/mol.